The SMILES string of the molecule is Cc1ccc(Sc2ccccc2)c(Nc2ncnc3ncccc23)c1. The van der Waals surface area contributed by atoms with E-state index in [2.05, 4.69) is 57.5 Å². The van der Waals surface area contributed by atoms with Crippen molar-refractivity contribution in [3.8, 4) is 0 Å². The van der Waals surface area contributed by atoms with Gasteiger partial charge in [0, 0.05) is 16.0 Å². The molecule has 0 fully saturated rings. The van der Waals surface area contributed by atoms with Crippen LogP contribution in [0.1, 0.15) is 5.56 Å². The molecule has 0 aliphatic rings. The van der Waals surface area contributed by atoms with Crippen LogP contribution in [0.15, 0.2) is 83.0 Å². The van der Waals surface area contributed by atoms with Crippen molar-refractivity contribution >= 4 is 34.3 Å². The minimum atomic E-state index is 0.685. The molecule has 0 amide bonds. The van der Waals surface area contributed by atoms with Crippen LogP contribution in [0.25, 0.3) is 11.0 Å². The average molecular weight is 344 g/mol. The molecule has 4 nitrogen and oxygen atoms in total. The first-order chi connectivity index (χ1) is 12.3. The number of pyridine rings is 1. The highest BCUT2D eigenvalue weighted by Crippen LogP contribution is 2.36. The Morgan fingerprint density at radius 1 is 0.880 bits per heavy atom. The van der Waals surface area contributed by atoms with E-state index in [0.717, 1.165) is 21.8 Å². The summed E-state index contributed by atoms with van der Waals surface area (Å²) in [6, 6.07) is 20.6. The van der Waals surface area contributed by atoms with E-state index < -0.39 is 0 Å². The first kappa shape index (κ1) is 15.6. The Kier molecular flexibility index (Phi) is 4.31. The van der Waals surface area contributed by atoms with Crippen molar-refractivity contribution in [1.29, 1.82) is 0 Å². The molecule has 2 heterocycles. The highest BCUT2D eigenvalue weighted by Gasteiger charge is 2.09. The van der Waals surface area contributed by atoms with E-state index >= 15 is 0 Å². The summed E-state index contributed by atoms with van der Waals surface area (Å²) >= 11 is 1.73. The van der Waals surface area contributed by atoms with Gasteiger partial charge in [-0.2, -0.15) is 0 Å². The number of benzene rings is 2. The van der Waals surface area contributed by atoms with Crippen molar-refractivity contribution in [2.45, 2.75) is 16.7 Å². The molecule has 1 N–H and O–H groups in total. The molecule has 5 heteroatoms. The van der Waals surface area contributed by atoms with Crippen molar-refractivity contribution in [2.24, 2.45) is 0 Å². The van der Waals surface area contributed by atoms with Gasteiger partial charge in [0.25, 0.3) is 0 Å². The number of anilines is 2. The molecule has 4 rings (SSSR count). The van der Waals surface area contributed by atoms with Crippen LogP contribution in [0.2, 0.25) is 0 Å². The van der Waals surface area contributed by atoms with Crippen LogP contribution >= 0.6 is 11.8 Å². The maximum atomic E-state index is 4.41. The molecule has 122 valence electrons. The van der Waals surface area contributed by atoms with Crippen LogP contribution in [0.4, 0.5) is 11.5 Å². The third kappa shape index (κ3) is 3.46. The summed E-state index contributed by atoms with van der Waals surface area (Å²) in [5.41, 5.74) is 2.90. The number of aryl methyl sites for hydroxylation is 1. The second-order valence-corrected chi connectivity index (χ2v) is 6.75. The van der Waals surface area contributed by atoms with Crippen molar-refractivity contribution in [2.75, 3.05) is 5.32 Å². The standard InChI is InChI=1S/C20H16N4S/c1-14-9-10-18(25-15-6-3-2-4-7-15)17(12-14)24-20-16-8-5-11-21-19(16)22-13-23-20/h2-13H,1H3,(H,21,22,23,24). The number of nitrogens with one attached hydrogen (secondary N) is 1. The predicted octanol–water partition coefficient (Wildman–Crippen LogP) is 5.23. The molecule has 0 saturated heterocycles. The highest BCUT2D eigenvalue weighted by atomic mass is 32.2. The molecule has 0 aliphatic heterocycles. The quantitative estimate of drug-likeness (QED) is 0.549. The zero-order chi connectivity index (χ0) is 17.1. The normalized spacial score (nSPS) is 10.8. The van der Waals surface area contributed by atoms with E-state index in [1.807, 2.05) is 30.3 Å². The lowest BCUT2D eigenvalue weighted by atomic mass is 10.2. The summed E-state index contributed by atoms with van der Waals surface area (Å²) in [6.45, 7) is 2.09. The van der Waals surface area contributed by atoms with Crippen molar-refractivity contribution < 1.29 is 0 Å². The second-order valence-electron chi connectivity index (χ2n) is 5.64. The topological polar surface area (TPSA) is 50.7 Å². The number of fused-ring (bicyclic) bond motifs is 1. The van der Waals surface area contributed by atoms with E-state index in [9.17, 15) is 0 Å². The van der Waals surface area contributed by atoms with E-state index in [-0.39, 0.29) is 0 Å². The van der Waals surface area contributed by atoms with Gasteiger partial charge in [0.15, 0.2) is 5.65 Å². The molecule has 0 aliphatic carbocycles. The first-order valence-electron chi connectivity index (χ1n) is 7.96. The van der Waals surface area contributed by atoms with E-state index in [1.165, 1.54) is 16.8 Å². The summed E-state index contributed by atoms with van der Waals surface area (Å²) < 4.78 is 0. The predicted molar refractivity (Wildman–Crippen MR) is 102 cm³/mol. The molecule has 2 aromatic carbocycles. The van der Waals surface area contributed by atoms with Gasteiger partial charge in [-0.3, -0.25) is 0 Å². The van der Waals surface area contributed by atoms with Crippen LogP contribution in [-0.4, -0.2) is 15.0 Å². The maximum Gasteiger partial charge on any atom is 0.164 e. The molecule has 0 radical (unpaired) electrons. The molecule has 4 aromatic rings. The third-order valence-corrected chi connectivity index (χ3v) is 4.85. The van der Waals surface area contributed by atoms with Crippen molar-refractivity contribution in [3.63, 3.8) is 0 Å². The van der Waals surface area contributed by atoms with Gasteiger partial charge < -0.3 is 5.32 Å². The lowest BCUT2D eigenvalue weighted by Gasteiger charge is -2.13. The molecular formula is C20H16N4S. The fourth-order valence-electron chi connectivity index (χ4n) is 2.57. The first-order valence-corrected chi connectivity index (χ1v) is 8.77. The van der Waals surface area contributed by atoms with E-state index in [4.69, 9.17) is 0 Å². The van der Waals surface area contributed by atoms with Gasteiger partial charge in [0.1, 0.15) is 12.1 Å². The zero-order valence-corrected chi connectivity index (χ0v) is 14.5. The smallest absolute Gasteiger partial charge is 0.164 e. The van der Waals surface area contributed by atoms with Gasteiger partial charge in [-0.15, -0.1) is 0 Å². The Morgan fingerprint density at radius 2 is 1.76 bits per heavy atom. The number of hydrogen-bond donors (Lipinski definition) is 1. The lowest BCUT2D eigenvalue weighted by molar-refractivity contribution is 1.17. The maximum absolute atomic E-state index is 4.41. The minimum absolute atomic E-state index is 0.685. The van der Waals surface area contributed by atoms with Gasteiger partial charge in [-0.1, -0.05) is 36.0 Å². The summed E-state index contributed by atoms with van der Waals surface area (Å²) in [5.74, 6) is 0.763. The van der Waals surface area contributed by atoms with E-state index in [1.54, 1.807) is 18.0 Å². The van der Waals surface area contributed by atoms with E-state index in [0.29, 0.717) is 5.65 Å². The third-order valence-electron chi connectivity index (χ3n) is 3.77. The summed E-state index contributed by atoms with van der Waals surface area (Å²) in [7, 11) is 0. The molecular weight excluding hydrogens is 328 g/mol. The summed E-state index contributed by atoms with van der Waals surface area (Å²) in [4.78, 5) is 15.3. The lowest BCUT2D eigenvalue weighted by Crippen LogP contribution is -1.98. The van der Waals surface area contributed by atoms with Gasteiger partial charge in [0.2, 0.25) is 0 Å². The Bertz CT molecular complexity index is 1010. The van der Waals surface area contributed by atoms with Crippen molar-refractivity contribution in [3.05, 3.63) is 78.8 Å². The summed E-state index contributed by atoms with van der Waals surface area (Å²) in [5, 5.41) is 4.37. The number of nitrogens with zero attached hydrogens (tertiary/aromatic N) is 3. The molecule has 0 bridgehead atoms. The number of rotatable bonds is 4. The van der Waals surface area contributed by atoms with Crippen molar-refractivity contribution in [1.82, 2.24) is 15.0 Å². The second kappa shape index (κ2) is 6.91. The number of aromatic nitrogens is 3. The van der Waals surface area contributed by atoms with Crippen LogP contribution in [0.3, 0.4) is 0 Å². The van der Waals surface area contributed by atoms with Gasteiger partial charge in [0.05, 0.1) is 11.1 Å². The Labute approximate surface area is 150 Å². The monoisotopic (exact) mass is 344 g/mol. The minimum Gasteiger partial charge on any atom is -0.339 e. The zero-order valence-electron chi connectivity index (χ0n) is 13.7. The van der Waals surface area contributed by atoms with Gasteiger partial charge >= 0.3 is 0 Å². The van der Waals surface area contributed by atoms with Crippen LogP contribution in [0.5, 0.6) is 0 Å². The Balaban J connectivity index is 1.73. The molecule has 0 spiro atoms. The molecule has 0 atom stereocenters. The average Bonchev–Trinajstić information content (AvgIpc) is 2.65. The summed E-state index contributed by atoms with van der Waals surface area (Å²) in [6.07, 6.45) is 3.28. The molecule has 25 heavy (non-hydrogen) atoms. The Morgan fingerprint density at radius 3 is 2.64 bits per heavy atom. The fourth-order valence-corrected chi connectivity index (χ4v) is 3.47. The van der Waals surface area contributed by atoms with Gasteiger partial charge in [-0.25, -0.2) is 15.0 Å². The highest BCUT2D eigenvalue weighted by molar-refractivity contribution is 7.99. The van der Waals surface area contributed by atoms with Crippen LogP contribution < -0.4 is 5.32 Å². The molecule has 0 unspecified atom stereocenters. The number of hydrogen-bond acceptors (Lipinski definition) is 5. The van der Waals surface area contributed by atoms with Gasteiger partial charge in [-0.05, 0) is 48.9 Å². The van der Waals surface area contributed by atoms with Crippen LogP contribution in [0, 0.1) is 6.92 Å². The Hall–Kier alpha value is -2.92. The van der Waals surface area contributed by atoms with Crippen LogP contribution in [-0.2, 0) is 0 Å². The fraction of sp³-hybridized carbons (Fsp3) is 0.0500. The molecule has 2 aromatic heterocycles. The largest absolute Gasteiger partial charge is 0.339 e. The molecule has 0 saturated carbocycles.